The maximum absolute atomic E-state index is 12.7. The van der Waals surface area contributed by atoms with Crippen molar-refractivity contribution in [2.24, 2.45) is 0 Å². The van der Waals surface area contributed by atoms with Crippen LogP contribution in [0.4, 0.5) is 13.2 Å². The molecule has 0 saturated heterocycles. The van der Waals surface area contributed by atoms with Gasteiger partial charge in [0.2, 0.25) is 0 Å². The van der Waals surface area contributed by atoms with Gasteiger partial charge < -0.3 is 4.74 Å². The van der Waals surface area contributed by atoms with E-state index in [0.717, 1.165) is 6.07 Å². The minimum absolute atomic E-state index is 0.0196. The number of carbonyl (C=O) groups is 1. The highest BCUT2D eigenvalue weighted by Crippen LogP contribution is 2.44. The van der Waals surface area contributed by atoms with Gasteiger partial charge in [0.15, 0.2) is 10.9 Å². The molecule has 1 aliphatic rings. The third-order valence-corrected chi connectivity index (χ3v) is 5.79. The molecule has 2 rings (SSSR count). The van der Waals surface area contributed by atoms with E-state index in [2.05, 4.69) is 9.71 Å². The number of ether oxygens (including phenoxy) is 1. The molecule has 0 bridgehead atoms. The van der Waals surface area contributed by atoms with Crippen LogP contribution in [-0.4, -0.2) is 32.5 Å². The Hall–Kier alpha value is -1.19. The summed E-state index contributed by atoms with van der Waals surface area (Å²) < 4.78 is 58.5. The number of nitrogens with zero attached hydrogens (tertiary/aromatic N) is 1. The van der Waals surface area contributed by atoms with E-state index in [1.54, 1.807) is 27.7 Å². The molecule has 10 heteroatoms. The molecular weight excluding hydrogens is 429 g/mol. The number of pyridine rings is 1. The molecule has 0 fully saturated rings. The highest BCUT2D eigenvalue weighted by Gasteiger charge is 2.46. The summed E-state index contributed by atoms with van der Waals surface area (Å²) in [5.41, 5.74) is -1.59. The van der Waals surface area contributed by atoms with E-state index >= 15 is 0 Å². The molecule has 2 heterocycles. The van der Waals surface area contributed by atoms with Crippen LogP contribution in [0.2, 0.25) is 5.15 Å². The Kier molecular flexibility index (Phi) is 10.3. The Morgan fingerprint density at radius 2 is 1.79 bits per heavy atom. The fraction of sp³-hybridized carbons (Fsp3) is 0.684. The predicted octanol–water partition coefficient (Wildman–Crippen LogP) is 5.58. The van der Waals surface area contributed by atoms with Crippen LogP contribution in [0.15, 0.2) is 6.07 Å². The van der Waals surface area contributed by atoms with E-state index < -0.39 is 38.9 Å². The molecule has 1 aliphatic heterocycles. The third kappa shape index (κ3) is 6.39. The number of aromatic nitrogens is 1. The van der Waals surface area contributed by atoms with Gasteiger partial charge in [0.05, 0.1) is 21.3 Å². The average molecular weight is 459 g/mol. The van der Waals surface area contributed by atoms with Gasteiger partial charge in [0.25, 0.3) is 5.78 Å². The quantitative estimate of drug-likeness (QED) is 0.472. The molecule has 5 nitrogen and oxygen atoms in total. The SMILES string of the molecule is CC.CC.CCC1(NS(=O)C(C)(C)C)COc2c1cc(C(=O)C(F)(F)F)nc2Cl. The van der Waals surface area contributed by atoms with Gasteiger partial charge in [-0.1, -0.05) is 46.2 Å². The number of hydrogen-bond donors (Lipinski definition) is 1. The second-order valence-electron chi connectivity index (χ2n) is 6.71. The van der Waals surface area contributed by atoms with Gasteiger partial charge in [-0.15, -0.1) is 0 Å². The lowest BCUT2D eigenvalue weighted by molar-refractivity contribution is -0.0888. The Labute approximate surface area is 178 Å². The summed E-state index contributed by atoms with van der Waals surface area (Å²) in [6.45, 7) is 15.1. The zero-order valence-corrected chi connectivity index (χ0v) is 19.7. The van der Waals surface area contributed by atoms with Gasteiger partial charge in [-0.05, 0) is 33.3 Å². The number of halogens is 4. The largest absolute Gasteiger partial charge is 0.488 e. The number of rotatable bonds is 4. The van der Waals surface area contributed by atoms with Crippen LogP contribution in [0.3, 0.4) is 0 Å². The maximum Gasteiger partial charge on any atom is 0.456 e. The average Bonchev–Trinajstić information content (AvgIpc) is 3.02. The van der Waals surface area contributed by atoms with Crippen LogP contribution in [0, 0.1) is 0 Å². The molecule has 1 aromatic rings. The Balaban J connectivity index is 0.00000184. The number of hydrogen-bond acceptors (Lipinski definition) is 4. The van der Waals surface area contributed by atoms with Gasteiger partial charge in [-0.25, -0.2) is 13.9 Å². The first-order chi connectivity index (χ1) is 13.3. The van der Waals surface area contributed by atoms with Crippen molar-refractivity contribution in [2.75, 3.05) is 6.61 Å². The van der Waals surface area contributed by atoms with Crippen molar-refractivity contribution in [3.8, 4) is 5.75 Å². The van der Waals surface area contributed by atoms with Gasteiger partial charge in [-0.2, -0.15) is 13.2 Å². The van der Waals surface area contributed by atoms with E-state index in [9.17, 15) is 22.2 Å². The molecule has 168 valence electrons. The van der Waals surface area contributed by atoms with E-state index in [1.165, 1.54) is 0 Å². The molecule has 0 spiro atoms. The maximum atomic E-state index is 12.7. The summed E-state index contributed by atoms with van der Waals surface area (Å²) in [6.07, 6.45) is -4.71. The second-order valence-corrected chi connectivity index (χ2v) is 9.03. The number of carbonyl (C=O) groups excluding carboxylic acids is 1. The van der Waals surface area contributed by atoms with Crippen LogP contribution in [0.25, 0.3) is 0 Å². The molecule has 0 saturated carbocycles. The Morgan fingerprint density at radius 1 is 1.28 bits per heavy atom. The van der Waals surface area contributed by atoms with Crippen LogP contribution in [0.5, 0.6) is 5.75 Å². The van der Waals surface area contributed by atoms with Crippen molar-refractivity contribution in [1.29, 1.82) is 0 Å². The van der Waals surface area contributed by atoms with Gasteiger partial charge in [0.1, 0.15) is 12.3 Å². The molecule has 0 aromatic carbocycles. The molecule has 2 unspecified atom stereocenters. The summed E-state index contributed by atoms with van der Waals surface area (Å²) in [6, 6.07) is 1.01. The fourth-order valence-corrected chi connectivity index (χ4v) is 3.53. The standard InChI is InChI=1S/C15H18ClF3N2O3S.2C2H6/c1-5-14(21-25(23)13(2,3)4)7-24-10-8(14)6-9(20-12(10)16)11(22)15(17,18)19;2*1-2/h6,21H,5,7H2,1-4H3;2*1-2H3. The molecule has 1 N–H and O–H groups in total. The Bertz CT molecular complexity index is 737. The van der Waals surface area contributed by atoms with Crippen molar-refractivity contribution in [2.45, 2.75) is 78.3 Å². The van der Waals surface area contributed by atoms with Crippen molar-refractivity contribution >= 4 is 28.4 Å². The number of alkyl halides is 3. The first-order valence-corrected chi connectivity index (χ1v) is 11.0. The lowest BCUT2D eigenvalue weighted by Crippen LogP contribution is -2.49. The first-order valence-electron chi connectivity index (χ1n) is 9.47. The summed E-state index contributed by atoms with van der Waals surface area (Å²) in [4.78, 5) is 15.0. The zero-order chi connectivity index (χ0) is 23.2. The molecule has 0 amide bonds. The normalized spacial score (nSPS) is 19.0. The highest BCUT2D eigenvalue weighted by atomic mass is 35.5. The van der Waals surface area contributed by atoms with Crippen molar-refractivity contribution in [1.82, 2.24) is 9.71 Å². The molecule has 0 aliphatic carbocycles. The van der Waals surface area contributed by atoms with E-state index in [-0.39, 0.29) is 23.1 Å². The van der Waals surface area contributed by atoms with Crippen molar-refractivity contribution in [3.05, 3.63) is 22.5 Å². The monoisotopic (exact) mass is 458 g/mol. The Morgan fingerprint density at radius 3 is 2.21 bits per heavy atom. The van der Waals surface area contributed by atoms with Gasteiger partial charge >= 0.3 is 6.18 Å². The van der Waals surface area contributed by atoms with E-state index in [4.69, 9.17) is 16.3 Å². The first kappa shape index (κ1) is 27.8. The highest BCUT2D eigenvalue weighted by molar-refractivity contribution is 7.84. The summed E-state index contributed by atoms with van der Waals surface area (Å²) in [5, 5.41) is -0.330. The lowest BCUT2D eigenvalue weighted by atomic mass is 9.90. The molecule has 0 radical (unpaired) electrons. The smallest absolute Gasteiger partial charge is 0.456 e. The van der Waals surface area contributed by atoms with Crippen molar-refractivity contribution < 1.29 is 26.9 Å². The number of fused-ring (bicyclic) bond motifs is 1. The van der Waals surface area contributed by atoms with Gasteiger partial charge in [0, 0.05) is 5.56 Å². The zero-order valence-electron chi connectivity index (χ0n) is 18.1. The van der Waals surface area contributed by atoms with Crippen LogP contribution in [0.1, 0.15) is 77.9 Å². The number of Topliss-reactive ketones (excluding diaryl/α,β-unsaturated/α-hetero) is 1. The summed E-state index contributed by atoms with van der Waals surface area (Å²) >= 11 is 5.92. The summed E-state index contributed by atoms with van der Waals surface area (Å²) in [5.74, 6) is -1.99. The van der Waals surface area contributed by atoms with E-state index in [1.807, 2.05) is 27.7 Å². The number of ketones is 1. The lowest BCUT2D eigenvalue weighted by Gasteiger charge is -2.31. The fourth-order valence-electron chi connectivity index (χ4n) is 2.31. The number of nitrogens with one attached hydrogen (secondary N) is 1. The molecule has 1 aromatic heterocycles. The van der Waals surface area contributed by atoms with Crippen LogP contribution < -0.4 is 9.46 Å². The summed E-state index contributed by atoms with van der Waals surface area (Å²) in [7, 11) is -1.52. The van der Waals surface area contributed by atoms with Crippen molar-refractivity contribution in [3.63, 3.8) is 0 Å². The van der Waals surface area contributed by atoms with Crippen LogP contribution >= 0.6 is 11.6 Å². The van der Waals surface area contributed by atoms with Gasteiger partial charge in [-0.3, -0.25) is 4.79 Å². The topological polar surface area (TPSA) is 68.3 Å². The molecule has 2 atom stereocenters. The third-order valence-electron chi connectivity index (χ3n) is 3.85. The molecular formula is C19H30ClF3N2O3S. The second kappa shape index (κ2) is 10.7. The minimum atomic E-state index is -5.07. The van der Waals surface area contributed by atoms with Crippen LogP contribution in [-0.2, 0) is 16.5 Å². The van der Waals surface area contributed by atoms with E-state index in [0.29, 0.717) is 6.42 Å². The minimum Gasteiger partial charge on any atom is -0.488 e. The molecule has 29 heavy (non-hydrogen) atoms. The predicted molar refractivity (Wildman–Crippen MR) is 111 cm³/mol.